The number of hydrogen-bond acceptors (Lipinski definition) is 7. The van der Waals surface area contributed by atoms with Gasteiger partial charge in [-0.1, -0.05) is 17.7 Å². The van der Waals surface area contributed by atoms with E-state index in [0.29, 0.717) is 17.2 Å². The first-order chi connectivity index (χ1) is 14.2. The fourth-order valence-electron chi connectivity index (χ4n) is 2.81. The molecule has 3 rings (SSSR count). The predicted octanol–water partition coefficient (Wildman–Crippen LogP) is 3.26. The summed E-state index contributed by atoms with van der Waals surface area (Å²) in [6.07, 6.45) is 1.46. The molecule has 0 fully saturated rings. The number of aliphatic imine (C=N–C) groups is 1. The van der Waals surface area contributed by atoms with E-state index in [1.165, 1.54) is 18.2 Å². The van der Waals surface area contributed by atoms with Gasteiger partial charge >= 0.3 is 5.97 Å². The summed E-state index contributed by atoms with van der Waals surface area (Å²) < 4.78 is 37.7. The van der Waals surface area contributed by atoms with Gasteiger partial charge in [-0.25, -0.2) is 22.9 Å². The first-order valence-corrected chi connectivity index (χ1v) is 10.7. The monoisotopic (exact) mass is 430 g/mol. The van der Waals surface area contributed by atoms with Crippen molar-refractivity contribution < 1.29 is 27.5 Å². The summed E-state index contributed by atoms with van der Waals surface area (Å²) in [6, 6.07) is 9.74. The van der Waals surface area contributed by atoms with Gasteiger partial charge in [-0.2, -0.15) is 0 Å². The number of hydrogen-bond donors (Lipinski definition) is 2. The van der Waals surface area contributed by atoms with Gasteiger partial charge in [-0.15, -0.1) is 0 Å². The van der Waals surface area contributed by atoms with Gasteiger partial charge in [0.1, 0.15) is 22.8 Å². The number of aryl methyl sites for hydroxylation is 1. The Morgan fingerprint density at radius 1 is 1.20 bits per heavy atom. The summed E-state index contributed by atoms with van der Waals surface area (Å²) >= 11 is 0. The van der Waals surface area contributed by atoms with Crippen molar-refractivity contribution in [2.24, 2.45) is 4.99 Å². The summed E-state index contributed by atoms with van der Waals surface area (Å²) in [5.41, 5.74) is 1.48. The second kappa shape index (κ2) is 8.68. The Morgan fingerprint density at radius 3 is 2.57 bits per heavy atom. The molecule has 158 valence electrons. The molecule has 0 unspecified atom stereocenters. The first-order valence-electron chi connectivity index (χ1n) is 9.24. The van der Waals surface area contributed by atoms with Crippen molar-refractivity contribution in [3.63, 3.8) is 0 Å². The summed E-state index contributed by atoms with van der Waals surface area (Å²) in [6.45, 7) is 5.28. The van der Waals surface area contributed by atoms with Gasteiger partial charge in [0, 0.05) is 6.08 Å². The molecule has 1 aromatic heterocycles. The van der Waals surface area contributed by atoms with Crippen molar-refractivity contribution in [3.8, 4) is 0 Å². The normalized spacial score (nSPS) is 15.6. The minimum atomic E-state index is -3.67. The van der Waals surface area contributed by atoms with E-state index in [-0.39, 0.29) is 35.1 Å². The van der Waals surface area contributed by atoms with Crippen LogP contribution < -0.4 is 4.72 Å². The maximum Gasteiger partial charge on any atom is 0.343 e. The van der Waals surface area contributed by atoms with Gasteiger partial charge < -0.3 is 14.3 Å². The van der Waals surface area contributed by atoms with Crippen LogP contribution in [0.5, 0.6) is 0 Å². The van der Waals surface area contributed by atoms with E-state index >= 15 is 0 Å². The van der Waals surface area contributed by atoms with Crippen LogP contribution in [0.1, 0.15) is 30.9 Å². The zero-order valence-corrected chi connectivity index (χ0v) is 17.6. The second-order valence-corrected chi connectivity index (χ2v) is 8.38. The first kappa shape index (κ1) is 21.5. The van der Waals surface area contributed by atoms with Crippen molar-refractivity contribution >= 4 is 27.8 Å². The van der Waals surface area contributed by atoms with Gasteiger partial charge in [-0.3, -0.25) is 0 Å². The molecule has 1 aliphatic heterocycles. The van der Waals surface area contributed by atoms with E-state index in [0.717, 1.165) is 5.56 Å². The number of carbonyl (C=O) groups excluding carboxylic acids is 1. The SMILES string of the molecule is CCOC(=O)C1=C(O)C(=Cc2ccc(CNS(=O)(=O)c3ccc(C)cc3)o2)N=C1C. The van der Waals surface area contributed by atoms with Crippen LogP contribution in [0.25, 0.3) is 6.08 Å². The fourth-order valence-corrected chi connectivity index (χ4v) is 3.80. The van der Waals surface area contributed by atoms with Gasteiger partial charge in [0.2, 0.25) is 10.0 Å². The lowest BCUT2D eigenvalue weighted by atomic mass is 10.1. The maximum atomic E-state index is 12.4. The number of ether oxygens (including phenoxy) is 1. The third kappa shape index (κ3) is 4.69. The van der Waals surface area contributed by atoms with Crippen LogP contribution in [0, 0.1) is 6.92 Å². The average molecular weight is 430 g/mol. The smallest absolute Gasteiger partial charge is 0.343 e. The van der Waals surface area contributed by atoms with Crippen LogP contribution in [0.4, 0.5) is 0 Å². The molecule has 0 radical (unpaired) electrons. The number of sulfonamides is 1. The number of aliphatic hydroxyl groups excluding tert-OH is 1. The van der Waals surface area contributed by atoms with Crippen molar-refractivity contribution in [3.05, 3.63) is 70.5 Å². The molecule has 0 bridgehead atoms. The van der Waals surface area contributed by atoms with Crippen molar-refractivity contribution in [2.75, 3.05) is 6.61 Å². The molecule has 0 amide bonds. The minimum Gasteiger partial charge on any atom is -0.505 e. The number of esters is 1. The number of benzene rings is 1. The highest BCUT2D eigenvalue weighted by atomic mass is 32.2. The number of nitrogens with zero attached hydrogens (tertiary/aromatic N) is 1. The Balaban J connectivity index is 1.72. The van der Waals surface area contributed by atoms with E-state index < -0.39 is 16.0 Å². The van der Waals surface area contributed by atoms with Crippen molar-refractivity contribution in [2.45, 2.75) is 32.2 Å². The Kier molecular flexibility index (Phi) is 6.23. The van der Waals surface area contributed by atoms with Gasteiger partial charge in [0.05, 0.1) is 23.8 Å². The molecule has 9 heteroatoms. The summed E-state index contributed by atoms with van der Waals surface area (Å²) in [4.78, 5) is 16.3. The molecule has 0 atom stereocenters. The lowest BCUT2D eigenvalue weighted by Gasteiger charge is -2.05. The average Bonchev–Trinajstić information content (AvgIpc) is 3.25. The van der Waals surface area contributed by atoms with Crippen LogP contribution in [0.15, 0.2) is 67.7 Å². The second-order valence-electron chi connectivity index (χ2n) is 6.61. The number of rotatable bonds is 7. The molecule has 30 heavy (non-hydrogen) atoms. The number of carbonyl (C=O) groups is 1. The van der Waals surface area contributed by atoms with E-state index in [1.807, 2.05) is 6.92 Å². The standard InChI is InChI=1S/C21H22N2O6S/c1-4-28-21(25)19-14(3)23-18(20(19)24)11-15-7-8-16(29-15)12-22-30(26,27)17-9-5-13(2)6-10-17/h5-11,22,24H,4,12H2,1-3H3. The Bertz CT molecular complexity index is 1150. The Labute approximate surface area is 174 Å². The van der Waals surface area contributed by atoms with Crippen LogP contribution in [-0.4, -0.2) is 31.8 Å². The number of furan rings is 1. The zero-order valence-electron chi connectivity index (χ0n) is 16.8. The molecule has 8 nitrogen and oxygen atoms in total. The highest BCUT2D eigenvalue weighted by Crippen LogP contribution is 2.27. The third-order valence-electron chi connectivity index (χ3n) is 4.34. The van der Waals surface area contributed by atoms with E-state index in [1.54, 1.807) is 38.1 Å². The zero-order chi connectivity index (χ0) is 21.9. The Morgan fingerprint density at radius 2 is 1.90 bits per heavy atom. The van der Waals surface area contributed by atoms with Crippen LogP contribution in [0.2, 0.25) is 0 Å². The lowest BCUT2D eigenvalue weighted by Crippen LogP contribution is -2.22. The fraction of sp³-hybridized carbons (Fsp3) is 0.238. The van der Waals surface area contributed by atoms with E-state index in [2.05, 4.69) is 9.71 Å². The predicted molar refractivity (Wildman–Crippen MR) is 111 cm³/mol. The molecule has 0 saturated heterocycles. The lowest BCUT2D eigenvalue weighted by molar-refractivity contribution is -0.138. The van der Waals surface area contributed by atoms with Gasteiger partial charge in [0.25, 0.3) is 0 Å². The highest BCUT2D eigenvalue weighted by molar-refractivity contribution is 7.89. The number of aliphatic hydroxyl groups is 1. The minimum absolute atomic E-state index is 0.0146. The topological polar surface area (TPSA) is 118 Å². The molecule has 0 spiro atoms. The van der Waals surface area contributed by atoms with E-state index in [9.17, 15) is 18.3 Å². The van der Waals surface area contributed by atoms with Gasteiger partial charge in [0.15, 0.2) is 5.76 Å². The maximum absolute atomic E-state index is 12.4. The summed E-state index contributed by atoms with van der Waals surface area (Å²) in [5, 5.41) is 10.3. The molecule has 0 aliphatic carbocycles. The number of nitrogens with one attached hydrogen (secondary N) is 1. The van der Waals surface area contributed by atoms with Gasteiger partial charge in [-0.05, 0) is 45.0 Å². The van der Waals surface area contributed by atoms with Crippen LogP contribution in [-0.2, 0) is 26.1 Å². The quantitative estimate of drug-likeness (QED) is 0.651. The molecular formula is C21H22N2O6S. The summed E-state index contributed by atoms with van der Waals surface area (Å²) in [5.74, 6) is -0.206. The van der Waals surface area contributed by atoms with Crippen molar-refractivity contribution in [1.82, 2.24) is 4.72 Å². The highest BCUT2D eigenvalue weighted by Gasteiger charge is 2.27. The molecule has 2 heterocycles. The molecule has 2 aromatic rings. The molecule has 0 saturated carbocycles. The summed E-state index contributed by atoms with van der Waals surface area (Å²) in [7, 11) is -3.67. The third-order valence-corrected chi connectivity index (χ3v) is 5.76. The Hall–Kier alpha value is -3.17. The largest absolute Gasteiger partial charge is 0.505 e. The van der Waals surface area contributed by atoms with Crippen molar-refractivity contribution in [1.29, 1.82) is 0 Å². The molecule has 1 aliphatic rings. The van der Waals surface area contributed by atoms with Crippen LogP contribution >= 0.6 is 0 Å². The van der Waals surface area contributed by atoms with E-state index in [4.69, 9.17) is 9.15 Å². The van der Waals surface area contributed by atoms with Crippen LogP contribution in [0.3, 0.4) is 0 Å². The molecule has 2 N–H and O–H groups in total. The molecular weight excluding hydrogens is 408 g/mol. The molecule has 1 aromatic carbocycles.